The maximum Gasteiger partial charge on any atom is 0.389 e. The van der Waals surface area contributed by atoms with E-state index in [0.29, 0.717) is 11.5 Å². The van der Waals surface area contributed by atoms with E-state index in [1.807, 2.05) is 36.4 Å². The summed E-state index contributed by atoms with van der Waals surface area (Å²) in [7, 11) is 1.29. The normalized spacial score (nSPS) is 10.0. The van der Waals surface area contributed by atoms with E-state index in [-0.39, 0.29) is 0 Å². The molecular weight excluding hydrogens is 244 g/mol. The summed E-state index contributed by atoms with van der Waals surface area (Å²) in [6, 6.07) is 17.9. The predicted octanol–water partition coefficient (Wildman–Crippen LogP) is 2.64. The molecule has 4 heteroatoms. The molecule has 19 heavy (non-hydrogen) atoms. The highest BCUT2D eigenvalue weighted by atomic mass is 16.7. The predicted molar refractivity (Wildman–Crippen MR) is 69.9 cm³/mol. The summed E-state index contributed by atoms with van der Waals surface area (Å²) in [5, 5.41) is 0. The lowest BCUT2D eigenvalue weighted by atomic mass is 10.3. The zero-order chi connectivity index (χ0) is 13.5. The quantitative estimate of drug-likeness (QED) is 0.611. The minimum Gasteiger partial charge on any atom is -0.463 e. The molecule has 2 aromatic carbocycles. The fourth-order valence-electron chi connectivity index (χ4n) is 1.46. The number of ether oxygens (including phenoxy) is 3. The van der Waals surface area contributed by atoms with Crippen LogP contribution in [0.5, 0.6) is 11.5 Å². The van der Waals surface area contributed by atoms with Crippen molar-refractivity contribution in [2.75, 3.05) is 7.11 Å². The molecule has 0 atom stereocenters. The van der Waals surface area contributed by atoms with Crippen LogP contribution in [0.15, 0.2) is 60.7 Å². The lowest BCUT2D eigenvalue weighted by Gasteiger charge is -2.18. The lowest BCUT2D eigenvalue weighted by molar-refractivity contribution is -0.162. The summed E-state index contributed by atoms with van der Waals surface area (Å²) in [6.45, 7) is 0. The Morgan fingerprint density at radius 3 is 1.63 bits per heavy atom. The number of para-hydroxylation sites is 2. The van der Waals surface area contributed by atoms with Crippen LogP contribution in [0.4, 0.5) is 0 Å². The van der Waals surface area contributed by atoms with Crippen LogP contribution in [-0.4, -0.2) is 19.4 Å². The zero-order valence-electron chi connectivity index (χ0n) is 10.5. The molecule has 0 amide bonds. The molecule has 4 nitrogen and oxygen atoms in total. The van der Waals surface area contributed by atoms with Crippen molar-refractivity contribution < 1.29 is 19.0 Å². The van der Waals surface area contributed by atoms with E-state index in [0.717, 1.165) is 0 Å². The molecule has 2 rings (SSSR count). The summed E-state index contributed by atoms with van der Waals surface area (Å²) in [4.78, 5) is 11.6. The summed E-state index contributed by atoms with van der Waals surface area (Å²) in [6.07, 6.45) is -1.13. The van der Waals surface area contributed by atoms with Gasteiger partial charge < -0.3 is 14.2 Å². The number of hydrogen-bond donors (Lipinski definition) is 0. The largest absolute Gasteiger partial charge is 0.463 e. The lowest BCUT2D eigenvalue weighted by Crippen LogP contribution is -2.34. The summed E-state index contributed by atoms with van der Waals surface area (Å²) in [5.41, 5.74) is 0. The maximum atomic E-state index is 11.6. The van der Waals surface area contributed by atoms with Gasteiger partial charge in [0.15, 0.2) is 0 Å². The number of esters is 1. The van der Waals surface area contributed by atoms with Crippen LogP contribution in [0.1, 0.15) is 0 Å². The molecule has 0 radical (unpaired) electrons. The van der Waals surface area contributed by atoms with E-state index in [1.165, 1.54) is 7.11 Å². The third kappa shape index (κ3) is 3.74. The second kappa shape index (κ2) is 6.44. The van der Waals surface area contributed by atoms with Gasteiger partial charge in [0.1, 0.15) is 11.5 Å². The first-order chi connectivity index (χ1) is 9.29. The number of methoxy groups -OCH3 is 1. The minimum absolute atomic E-state index is 0.536. The van der Waals surface area contributed by atoms with Gasteiger partial charge in [0, 0.05) is 0 Å². The van der Waals surface area contributed by atoms with E-state index >= 15 is 0 Å². The van der Waals surface area contributed by atoms with Crippen molar-refractivity contribution in [3.8, 4) is 11.5 Å². The number of carbonyl (C=O) groups is 1. The Morgan fingerprint density at radius 1 is 0.842 bits per heavy atom. The van der Waals surface area contributed by atoms with E-state index in [1.54, 1.807) is 24.3 Å². The van der Waals surface area contributed by atoms with Crippen LogP contribution in [0, 0.1) is 0 Å². The smallest absolute Gasteiger partial charge is 0.389 e. The first kappa shape index (κ1) is 13.0. The summed E-state index contributed by atoms with van der Waals surface area (Å²) < 4.78 is 15.6. The number of benzene rings is 2. The summed E-state index contributed by atoms with van der Waals surface area (Å²) in [5.74, 6) is 0.482. The van der Waals surface area contributed by atoms with Gasteiger partial charge in [0.2, 0.25) is 0 Å². The van der Waals surface area contributed by atoms with Gasteiger partial charge in [-0.15, -0.1) is 0 Å². The monoisotopic (exact) mass is 258 g/mol. The molecule has 2 aromatic rings. The molecule has 0 aliphatic rings. The maximum absolute atomic E-state index is 11.6. The molecule has 0 unspecified atom stereocenters. The van der Waals surface area contributed by atoms with Crippen molar-refractivity contribution in [3.63, 3.8) is 0 Å². The summed E-state index contributed by atoms with van der Waals surface area (Å²) >= 11 is 0. The van der Waals surface area contributed by atoms with E-state index in [9.17, 15) is 4.79 Å². The Balaban J connectivity index is 2.10. The highest BCUT2D eigenvalue weighted by Gasteiger charge is 2.23. The van der Waals surface area contributed by atoms with Gasteiger partial charge in [-0.1, -0.05) is 36.4 Å². The Labute approximate surface area is 111 Å². The molecule has 0 fully saturated rings. The van der Waals surface area contributed by atoms with Crippen molar-refractivity contribution in [1.82, 2.24) is 0 Å². The van der Waals surface area contributed by atoms with Crippen LogP contribution in [-0.2, 0) is 9.53 Å². The van der Waals surface area contributed by atoms with Crippen LogP contribution in [0.3, 0.4) is 0 Å². The standard InChI is InChI=1S/C15H14O4/c1-17-14(16)15(18-12-8-4-2-5-9-12)19-13-10-6-3-7-11-13/h2-11,15H,1H3. The van der Waals surface area contributed by atoms with Crippen molar-refractivity contribution in [2.45, 2.75) is 6.29 Å². The average molecular weight is 258 g/mol. The van der Waals surface area contributed by atoms with Gasteiger partial charge in [0.25, 0.3) is 0 Å². The molecule has 0 bridgehead atoms. The highest BCUT2D eigenvalue weighted by Crippen LogP contribution is 2.16. The Morgan fingerprint density at radius 2 is 1.26 bits per heavy atom. The number of rotatable bonds is 5. The fourth-order valence-corrected chi connectivity index (χ4v) is 1.46. The minimum atomic E-state index is -1.13. The Kier molecular flexibility index (Phi) is 4.39. The molecule has 0 aromatic heterocycles. The second-order valence-corrected chi connectivity index (χ2v) is 3.72. The third-order valence-corrected chi connectivity index (χ3v) is 2.37. The molecular formula is C15H14O4. The highest BCUT2D eigenvalue weighted by molar-refractivity contribution is 5.73. The van der Waals surface area contributed by atoms with Crippen molar-refractivity contribution in [3.05, 3.63) is 60.7 Å². The zero-order valence-corrected chi connectivity index (χ0v) is 10.5. The molecule has 0 spiro atoms. The topological polar surface area (TPSA) is 44.8 Å². The van der Waals surface area contributed by atoms with Crippen LogP contribution >= 0.6 is 0 Å². The average Bonchev–Trinajstić information content (AvgIpc) is 2.48. The molecule has 0 N–H and O–H groups in total. The SMILES string of the molecule is COC(=O)C(Oc1ccccc1)Oc1ccccc1. The van der Waals surface area contributed by atoms with Crippen LogP contribution < -0.4 is 9.47 Å². The van der Waals surface area contributed by atoms with Gasteiger partial charge >= 0.3 is 12.3 Å². The van der Waals surface area contributed by atoms with Crippen molar-refractivity contribution in [2.24, 2.45) is 0 Å². The van der Waals surface area contributed by atoms with Gasteiger partial charge in [-0.05, 0) is 24.3 Å². The Hall–Kier alpha value is -2.49. The van der Waals surface area contributed by atoms with E-state index in [4.69, 9.17) is 9.47 Å². The first-order valence-corrected chi connectivity index (χ1v) is 5.81. The fraction of sp³-hybridized carbons (Fsp3) is 0.133. The molecule has 0 saturated heterocycles. The van der Waals surface area contributed by atoms with Gasteiger partial charge in [-0.25, -0.2) is 4.79 Å². The number of carbonyl (C=O) groups excluding carboxylic acids is 1. The van der Waals surface area contributed by atoms with E-state index < -0.39 is 12.3 Å². The number of hydrogen-bond acceptors (Lipinski definition) is 4. The van der Waals surface area contributed by atoms with Crippen LogP contribution in [0.2, 0.25) is 0 Å². The van der Waals surface area contributed by atoms with Crippen molar-refractivity contribution >= 4 is 5.97 Å². The molecule has 98 valence electrons. The van der Waals surface area contributed by atoms with Crippen LogP contribution in [0.25, 0.3) is 0 Å². The molecule has 0 saturated carbocycles. The van der Waals surface area contributed by atoms with E-state index in [2.05, 4.69) is 4.74 Å². The van der Waals surface area contributed by atoms with Gasteiger partial charge in [0.05, 0.1) is 7.11 Å². The first-order valence-electron chi connectivity index (χ1n) is 5.81. The molecule has 0 heterocycles. The molecule has 0 aliphatic carbocycles. The molecule has 0 aliphatic heterocycles. The van der Waals surface area contributed by atoms with Crippen molar-refractivity contribution in [1.29, 1.82) is 0 Å². The third-order valence-electron chi connectivity index (χ3n) is 2.37. The Bertz CT molecular complexity index is 469. The van der Waals surface area contributed by atoms with Gasteiger partial charge in [-0.2, -0.15) is 0 Å². The second-order valence-electron chi connectivity index (χ2n) is 3.72. The van der Waals surface area contributed by atoms with Gasteiger partial charge in [-0.3, -0.25) is 0 Å².